The van der Waals surface area contributed by atoms with E-state index < -0.39 is 11.7 Å². The van der Waals surface area contributed by atoms with E-state index in [4.69, 9.17) is 25.8 Å². The average molecular weight is 506 g/mol. The number of hydrogen-bond acceptors (Lipinski definition) is 5. The van der Waals surface area contributed by atoms with E-state index in [0.29, 0.717) is 52.6 Å². The van der Waals surface area contributed by atoms with Crippen LogP contribution in [0.4, 0.5) is 4.79 Å². The van der Waals surface area contributed by atoms with Crippen LogP contribution in [0.2, 0.25) is 0 Å². The second kappa shape index (κ2) is 10.9. The number of halogens is 1. The third-order valence-corrected chi connectivity index (χ3v) is 5.49. The minimum Gasteiger partial charge on any atom is -0.494 e. The summed E-state index contributed by atoms with van der Waals surface area (Å²) in [4.78, 5) is 26.7. The van der Waals surface area contributed by atoms with Crippen LogP contribution >= 0.6 is 11.6 Å². The molecule has 3 aromatic carbocycles. The molecule has 36 heavy (non-hydrogen) atoms. The van der Waals surface area contributed by atoms with Gasteiger partial charge in [0.05, 0.1) is 12.1 Å². The summed E-state index contributed by atoms with van der Waals surface area (Å²) >= 11 is 5.74. The van der Waals surface area contributed by atoms with Crippen LogP contribution in [0.3, 0.4) is 0 Å². The first-order valence-corrected chi connectivity index (χ1v) is 12.2. The zero-order valence-corrected chi connectivity index (χ0v) is 21.2. The molecule has 0 aliphatic carbocycles. The summed E-state index contributed by atoms with van der Waals surface area (Å²) in [6, 6.07) is 23.2. The zero-order chi connectivity index (χ0) is 25.7. The summed E-state index contributed by atoms with van der Waals surface area (Å²) < 4.78 is 18.5. The summed E-state index contributed by atoms with van der Waals surface area (Å²) in [5.41, 5.74) is 0.450. The number of carbonyl (C=O) groups excluding carboxylic acids is 2. The molecule has 1 heterocycles. The van der Waals surface area contributed by atoms with Gasteiger partial charge < -0.3 is 14.2 Å². The fourth-order valence-corrected chi connectivity index (χ4v) is 3.76. The van der Waals surface area contributed by atoms with E-state index in [1.807, 2.05) is 30.3 Å². The molecule has 0 atom stereocenters. The van der Waals surface area contributed by atoms with E-state index in [1.54, 1.807) is 69.3 Å². The summed E-state index contributed by atoms with van der Waals surface area (Å²) in [5.74, 6) is 2.13. The Bertz CT molecular complexity index is 1350. The molecule has 0 amide bonds. The number of ether oxygens (including phenoxy) is 3. The molecule has 6 nitrogen and oxygen atoms in total. The van der Waals surface area contributed by atoms with Crippen LogP contribution in [-0.2, 0) is 4.74 Å². The van der Waals surface area contributed by atoms with Gasteiger partial charge in [-0.3, -0.25) is 4.79 Å². The van der Waals surface area contributed by atoms with Crippen LogP contribution in [0.5, 0.6) is 17.2 Å². The van der Waals surface area contributed by atoms with Gasteiger partial charge in [-0.05, 0) is 87.9 Å². The van der Waals surface area contributed by atoms with Gasteiger partial charge in [-0.25, -0.2) is 9.36 Å². The molecule has 4 aromatic rings. The van der Waals surface area contributed by atoms with E-state index >= 15 is 0 Å². The lowest BCUT2D eigenvalue weighted by molar-refractivity contribution is 0.0536. The van der Waals surface area contributed by atoms with Crippen LogP contribution in [0.15, 0.2) is 78.9 Å². The topological polar surface area (TPSA) is 66.8 Å². The zero-order valence-electron chi connectivity index (χ0n) is 20.5. The van der Waals surface area contributed by atoms with Gasteiger partial charge in [0.25, 0.3) is 0 Å². The van der Waals surface area contributed by atoms with Crippen molar-refractivity contribution in [1.29, 1.82) is 0 Å². The van der Waals surface area contributed by atoms with Crippen molar-refractivity contribution < 1.29 is 23.8 Å². The molecule has 4 rings (SSSR count). The maximum Gasteiger partial charge on any atom is 0.419 e. The number of alkyl halides is 1. The smallest absolute Gasteiger partial charge is 0.419 e. The van der Waals surface area contributed by atoms with Crippen molar-refractivity contribution in [3.05, 3.63) is 90.1 Å². The highest BCUT2D eigenvalue weighted by atomic mass is 35.5. The van der Waals surface area contributed by atoms with Gasteiger partial charge in [-0.1, -0.05) is 18.2 Å². The molecule has 1 aromatic heterocycles. The monoisotopic (exact) mass is 505 g/mol. The van der Waals surface area contributed by atoms with Crippen LogP contribution in [0.1, 0.15) is 43.2 Å². The third kappa shape index (κ3) is 6.07. The number of aromatic nitrogens is 1. The lowest BCUT2D eigenvalue weighted by Crippen LogP contribution is -2.28. The van der Waals surface area contributed by atoms with Crippen molar-refractivity contribution >= 4 is 34.4 Å². The van der Waals surface area contributed by atoms with Crippen molar-refractivity contribution in [2.75, 3.05) is 12.5 Å². The van der Waals surface area contributed by atoms with E-state index in [0.717, 1.165) is 0 Å². The molecule has 0 aliphatic heterocycles. The summed E-state index contributed by atoms with van der Waals surface area (Å²) in [6.45, 7) is 5.83. The highest BCUT2D eigenvalue weighted by Gasteiger charge is 2.26. The lowest BCUT2D eigenvalue weighted by Gasteiger charge is -2.20. The van der Waals surface area contributed by atoms with Crippen LogP contribution in [0, 0.1) is 0 Å². The minimum atomic E-state index is -0.727. The van der Waals surface area contributed by atoms with Crippen molar-refractivity contribution in [2.24, 2.45) is 0 Å². The van der Waals surface area contributed by atoms with Gasteiger partial charge in [0.1, 0.15) is 28.5 Å². The van der Waals surface area contributed by atoms with Crippen molar-refractivity contribution in [1.82, 2.24) is 4.57 Å². The maximum atomic E-state index is 13.6. The molecule has 0 aliphatic rings. The predicted molar refractivity (Wildman–Crippen MR) is 141 cm³/mol. The van der Waals surface area contributed by atoms with E-state index in [9.17, 15) is 9.59 Å². The van der Waals surface area contributed by atoms with Crippen LogP contribution in [-0.4, -0.2) is 34.5 Å². The third-order valence-electron chi connectivity index (χ3n) is 5.22. The van der Waals surface area contributed by atoms with Crippen molar-refractivity contribution in [2.45, 2.75) is 32.8 Å². The Morgan fingerprint density at radius 2 is 1.53 bits per heavy atom. The van der Waals surface area contributed by atoms with E-state index in [-0.39, 0.29) is 11.5 Å². The normalized spacial score (nSPS) is 11.3. The van der Waals surface area contributed by atoms with Gasteiger partial charge in [0, 0.05) is 16.8 Å². The van der Waals surface area contributed by atoms with Crippen LogP contribution in [0.25, 0.3) is 10.9 Å². The Kier molecular flexibility index (Phi) is 7.65. The Balaban J connectivity index is 1.67. The molecule has 0 saturated carbocycles. The lowest BCUT2D eigenvalue weighted by atomic mass is 10.1. The van der Waals surface area contributed by atoms with Gasteiger partial charge in [0.2, 0.25) is 5.78 Å². The number of para-hydroxylation sites is 1. The second-order valence-electron chi connectivity index (χ2n) is 9.23. The highest BCUT2D eigenvalue weighted by molar-refractivity contribution is 6.17. The summed E-state index contributed by atoms with van der Waals surface area (Å²) in [6.07, 6.45) is 0.0902. The van der Waals surface area contributed by atoms with Gasteiger partial charge in [0.15, 0.2) is 0 Å². The van der Waals surface area contributed by atoms with Crippen molar-refractivity contribution in [3.8, 4) is 17.2 Å². The molecule has 0 fully saturated rings. The highest BCUT2D eigenvalue weighted by Crippen LogP contribution is 2.28. The number of fused-ring (bicyclic) bond motifs is 1. The average Bonchev–Trinajstić information content (AvgIpc) is 3.23. The fraction of sp³-hybridized carbons (Fsp3) is 0.241. The molecule has 0 bridgehead atoms. The predicted octanol–water partition coefficient (Wildman–Crippen LogP) is 7.46. The fourth-order valence-electron chi connectivity index (χ4n) is 3.65. The number of hydrogen-bond donors (Lipinski definition) is 0. The Morgan fingerprint density at radius 1 is 0.861 bits per heavy atom. The SMILES string of the molecule is CC(C)(C)OC(=O)n1c(C(=O)c2ccc(Oc3ccccc3)cc2)cc2cc(OCCCCl)ccc21. The van der Waals surface area contributed by atoms with Gasteiger partial charge >= 0.3 is 6.09 Å². The second-order valence-corrected chi connectivity index (χ2v) is 9.60. The number of rotatable bonds is 8. The maximum absolute atomic E-state index is 13.6. The number of benzene rings is 3. The molecule has 0 saturated heterocycles. The first-order chi connectivity index (χ1) is 17.2. The molecular weight excluding hydrogens is 478 g/mol. The summed E-state index contributed by atoms with van der Waals surface area (Å²) in [7, 11) is 0. The molecule has 0 N–H and O–H groups in total. The van der Waals surface area contributed by atoms with E-state index in [1.165, 1.54) is 4.57 Å². The molecule has 0 unspecified atom stereocenters. The minimum absolute atomic E-state index is 0.203. The van der Waals surface area contributed by atoms with E-state index in [2.05, 4.69) is 0 Å². The Hall–Kier alpha value is -3.77. The number of nitrogens with zero attached hydrogens (tertiary/aromatic N) is 1. The Labute approximate surface area is 215 Å². The first kappa shape index (κ1) is 25.3. The van der Waals surface area contributed by atoms with Gasteiger partial charge in [-0.2, -0.15) is 0 Å². The Morgan fingerprint density at radius 3 is 2.19 bits per heavy atom. The molecule has 0 spiro atoms. The van der Waals surface area contributed by atoms with Gasteiger partial charge in [-0.15, -0.1) is 11.6 Å². The number of ketones is 1. The summed E-state index contributed by atoms with van der Waals surface area (Å²) in [5, 5.41) is 0.691. The molecular formula is C29H28ClNO5. The molecule has 7 heteroatoms. The number of carbonyl (C=O) groups is 2. The van der Waals surface area contributed by atoms with Crippen molar-refractivity contribution in [3.63, 3.8) is 0 Å². The quantitative estimate of drug-likeness (QED) is 0.141. The van der Waals surface area contributed by atoms with Crippen LogP contribution < -0.4 is 9.47 Å². The largest absolute Gasteiger partial charge is 0.494 e. The first-order valence-electron chi connectivity index (χ1n) is 11.7. The molecule has 0 radical (unpaired) electrons. The molecule has 186 valence electrons. The standard InChI is InChI=1S/C29H28ClNO5/c1-29(2,3)36-28(33)31-25-15-14-24(34-17-7-16-30)18-21(25)19-26(31)27(32)20-10-12-23(13-11-20)35-22-8-5-4-6-9-22/h4-6,8-15,18-19H,7,16-17H2,1-3H3.